The third-order valence-corrected chi connectivity index (χ3v) is 5.53. The molecule has 5 rings (SSSR count). The lowest BCUT2D eigenvalue weighted by atomic mass is 10.0. The predicted molar refractivity (Wildman–Crippen MR) is 107 cm³/mol. The van der Waals surface area contributed by atoms with E-state index in [1.165, 1.54) is 19.1 Å². The average Bonchev–Trinajstić information content (AvgIpc) is 3.40. The largest absolute Gasteiger partial charge is 0.433 e. The van der Waals surface area contributed by atoms with Gasteiger partial charge in [-0.25, -0.2) is 4.98 Å². The van der Waals surface area contributed by atoms with Crippen LogP contribution < -0.4 is 5.56 Å². The van der Waals surface area contributed by atoms with Crippen LogP contribution in [0.25, 0.3) is 28.2 Å². The Bertz CT molecular complexity index is 1330. The molecule has 0 unspecified atom stereocenters. The van der Waals surface area contributed by atoms with Gasteiger partial charge >= 0.3 is 6.18 Å². The second kappa shape index (κ2) is 7.59. The highest BCUT2D eigenvalue weighted by Gasteiger charge is 2.38. The molecule has 1 aliphatic rings. The maximum atomic E-state index is 13.8. The van der Waals surface area contributed by atoms with E-state index in [1.807, 2.05) is 0 Å². The standard InChI is InChI=1S/C21H18F3N5O3/c1-11-14(19-27-26-18(32-19)13-7-9-31-10-8-13)20(30)29-17(25-11)15(12-5-3-2-4-6-12)16(28-29)21(22,23)24/h2-6,13,28H,7-10H2,1H3. The second-order valence-electron chi connectivity index (χ2n) is 7.59. The van der Waals surface area contributed by atoms with Crippen molar-refractivity contribution in [3.8, 4) is 22.6 Å². The van der Waals surface area contributed by atoms with Gasteiger partial charge in [0.1, 0.15) is 11.3 Å². The van der Waals surface area contributed by atoms with Crippen LogP contribution in [0.5, 0.6) is 0 Å². The van der Waals surface area contributed by atoms with Gasteiger partial charge < -0.3 is 9.15 Å². The first-order valence-electron chi connectivity index (χ1n) is 10.0. The first kappa shape index (κ1) is 20.4. The Balaban J connectivity index is 1.69. The van der Waals surface area contributed by atoms with Crippen LogP contribution in [-0.2, 0) is 10.9 Å². The first-order chi connectivity index (χ1) is 15.3. The van der Waals surface area contributed by atoms with Crippen LogP contribution >= 0.6 is 0 Å². The third-order valence-electron chi connectivity index (χ3n) is 5.53. The van der Waals surface area contributed by atoms with Gasteiger partial charge in [-0.05, 0) is 25.3 Å². The quantitative estimate of drug-likeness (QED) is 0.513. The summed E-state index contributed by atoms with van der Waals surface area (Å²) in [5, 5.41) is 10.2. The molecule has 0 radical (unpaired) electrons. The Hall–Kier alpha value is -3.47. The lowest BCUT2D eigenvalue weighted by molar-refractivity contribution is -0.140. The molecule has 0 spiro atoms. The number of hydrogen-bond acceptors (Lipinski definition) is 6. The normalized spacial score (nSPS) is 15.5. The van der Waals surface area contributed by atoms with E-state index in [0.29, 0.717) is 31.9 Å². The number of halogens is 3. The smallest absolute Gasteiger partial charge is 0.420 e. The lowest BCUT2D eigenvalue weighted by Crippen LogP contribution is -2.20. The molecule has 11 heteroatoms. The van der Waals surface area contributed by atoms with Gasteiger partial charge in [-0.15, -0.1) is 10.2 Å². The minimum atomic E-state index is -4.72. The second-order valence-corrected chi connectivity index (χ2v) is 7.59. The highest BCUT2D eigenvalue weighted by molar-refractivity contribution is 5.81. The molecule has 1 aromatic carbocycles. The minimum Gasteiger partial charge on any atom is -0.420 e. The summed E-state index contributed by atoms with van der Waals surface area (Å²) in [6, 6.07) is 8.00. The number of hydrogen-bond donors (Lipinski definition) is 1. The van der Waals surface area contributed by atoms with Crippen molar-refractivity contribution in [2.24, 2.45) is 0 Å². The molecule has 1 N–H and O–H groups in total. The van der Waals surface area contributed by atoms with Crippen molar-refractivity contribution < 1.29 is 22.3 Å². The van der Waals surface area contributed by atoms with Gasteiger partial charge in [0.25, 0.3) is 11.4 Å². The van der Waals surface area contributed by atoms with Crippen LogP contribution in [0.2, 0.25) is 0 Å². The van der Waals surface area contributed by atoms with Gasteiger partial charge in [0, 0.05) is 19.1 Å². The van der Waals surface area contributed by atoms with E-state index in [-0.39, 0.29) is 39.8 Å². The molecule has 4 heterocycles. The molecule has 0 amide bonds. The molecule has 3 aromatic heterocycles. The zero-order chi connectivity index (χ0) is 22.5. The van der Waals surface area contributed by atoms with Crippen LogP contribution in [0.1, 0.15) is 36.0 Å². The average molecular weight is 445 g/mol. The van der Waals surface area contributed by atoms with E-state index in [4.69, 9.17) is 9.15 Å². The topological polar surface area (TPSA) is 98.3 Å². The van der Waals surface area contributed by atoms with Crippen molar-refractivity contribution in [2.45, 2.75) is 31.9 Å². The monoisotopic (exact) mass is 445 g/mol. The summed E-state index contributed by atoms with van der Waals surface area (Å²) in [6.45, 7) is 2.68. The molecule has 0 bridgehead atoms. The maximum Gasteiger partial charge on any atom is 0.433 e. The van der Waals surface area contributed by atoms with Gasteiger partial charge in [0.05, 0.1) is 11.3 Å². The SMILES string of the molecule is Cc1nc2c(-c3ccccc3)c(C(F)(F)F)[nH]n2c(=O)c1-c1nnc(C2CCOCC2)o1. The molecule has 8 nitrogen and oxygen atoms in total. The number of fused-ring (bicyclic) bond motifs is 1. The number of H-pyrrole nitrogens is 1. The van der Waals surface area contributed by atoms with Gasteiger partial charge in [-0.2, -0.15) is 17.7 Å². The van der Waals surface area contributed by atoms with E-state index < -0.39 is 17.4 Å². The molecule has 1 saturated heterocycles. The van der Waals surface area contributed by atoms with Gasteiger partial charge in [0.2, 0.25) is 5.89 Å². The summed E-state index contributed by atoms with van der Waals surface area (Å²) in [5.41, 5.74) is -1.68. The van der Waals surface area contributed by atoms with E-state index in [2.05, 4.69) is 20.3 Å². The number of rotatable bonds is 3. The summed E-state index contributed by atoms with van der Waals surface area (Å²) >= 11 is 0. The van der Waals surface area contributed by atoms with E-state index in [1.54, 1.807) is 18.2 Å². The van der Waals surface area contributed by atoms with Gasteiger partial charge in [-0.3, -0.25) is 9.89 Å². The predicted octanol–water partition coefficient (Wildman–Crippen LogP) is 3.96. The first-order valence-corrected chi connectivity index (χ1v) is 10.0. The summed E-state index contributed by atoms with van der Waals surface area (Å²) in [7, 11) is 0. The molecule has 0 atom stereocenters. The molecule has 32 heavy (non-hydrogen) atoms. The molecular formula is C21H18F3N5O3. The van der Waals surface area contributed by atoms with Crippen LogP contribution in [0.15, 0.2) is 39.5 Å². The Morgan fingerprint density at radius 1 is 1.09 bits per heavy atom. The molecular weight excluding hydrogens is 427 g/mol. The maximum absolute atomic E-state index is 13.8. The third kappa shape index (κ3) is 3.38. The molecule has 0 saturated carbocycles. The molecule has 4 aromatic rings. The number of aromatic amines is 1. The van der Waals surface area contributed by atoms with Crippen molar-refractivity contribution in [3.63, 3.8) is 0 Å². The van der Waals surface area contributed by atoms with Crippen molar-refractivity contribution in [2.75, 3.05) is 13.2 Å². The highest BCUT2D eigenvalue weighted by atomic mass is 19.4. The fourth-order valence-corrected chi connectivity index (χ4v) is 3.95. The lowest BCUT2D eigenvalue weighted by Gasteiger charge is -2.18. The molecule has 1 aliphatic heterocycles. The van der Waals surface area contributed by atoms with E-state index >= 15 is 0 Å². The number of aromatic nitrogens is 5. The van der Waals surface area contributed by atoms with Crippen LogP contribution in [0, 0.1) is 6.92 Å². The molecule has 0 aliphatic carbocycles. The van der Waals surface area contributed by atoms with Crippen LogP contribution in [-0.4, -0.2) is 38.0 Å². The Kier molecular flexibility index (Phi) is 4.85. The summed E-state index contributed by atoms with van der Waals surface area (Å²) < 4.78 is 53.3. The van der Waals surface area contributed by atoms with Crippen molar-refractivity contribution >= 4 is 5.65 Å². The highest BCUT2D eigenvalue weighted by Crippen LogP contribution is 2.38. The Morgan fingerprint density at radius 2 is 1.81 bits per heavy atom. The molecule has 1 fully saturated rings. The van der Waals surface area contributed by atoms with Crippen molar-refractivity contribution in [1.29, 1.82) is 0 Å². The fourth-order valence-electron chi connectivity index (χ4n) is 3.95. The van der Waals surface area contributed by atoms with E-state index in [0.717, 1.165) is 4.52 Å². The van der Waals surface area contributed by atoms with Crippen LogP contribution in [0.4, 0.5) is 13.2 Å². The summed E-state index contributed by atoms with van der Waals surface area (Å²) in [4.78, 5) is 17.6. The fraction of sp³-hybridized carbons (Fsp3) is 0.333. The summed E-state index contributed by atoms with van der Waals surface area (Å²) in [6.07, 6.45) is -3.30. The Labute approximate surface area is 179 Å². The Morgan fingerprint density at radius 3 is 2.50 bits per heavy atom. The van der Waals surface area contributed by atoms with E-state index in [9.17, 15) is 18.0 Å². The number of nitrogens with one attached hydrogen (secondary N) is 1. The van der Waals surface area contributed by atoms with Crippen LogP contribution in [0.3, 0.4) is 0 Å². The summed E-state index contributed by atoms with van der Waals surface area (Å²) in [5.74, 6) is 0.316. The van der Waals surface area contributed by atoms with Crippen molar-refractivity contribution in [3.05, 3.63) is 58.0 Å². The zero-order valence-electron chi connectivity index (χ0n) is 16.9. The van der Waals surface area contributed by atoms with Gasteiger partial charge in [0.15, 0.2) is 5.65 Å². The number of alkyl halides is 3. The number of nitrogens with zero attached hydrogens (tertiary/aromatic N) is 4. The number of benzene rings is 1. The number of aryl methyl sites for hydroxylation is 1. The number of ether oxygens (including phenoxy) is 1. The van der Waals surface area contributed by atoms with Crippen molar-refractivity contribution in [1.82, 2.24) is 24.8 Å². The van der Waals surface area contributed by atoms with Gasteiger partial charge in [-0.1, -0.05) is 30.3 Å². The minimum absolute atomic E-state index is 0.0109. The zero-order valence-corrected chi connectivity index (χ0v) is 16.9. The molecule has 166 valence electrons.